The lowest BCUT2D eigenvalue weighted by molar-refractivity contribution is -0.136. The molecule has 2 aliphatic rings. The third-order valence-corrected chi connectivity index (χ3v) is 5.91. The topological polar surface area (TPSA) is 103 Å². The predicted molar refractivity (Wildman–Crippen MR) is 114 cm³/mol. The van der Waals surface area contributed by atoms with Crippen LogP contribution in [0, 0.1) is 0 Å². The molecule has 3 aromatic rings. The van der Waals surface area contributed by atoms with Crippen LogP contribution >= 0.6 is 0 Å². The quantitative estimate of drug-likeness (QED) is 0.628. The molecule has 3 amide bonds. The van der Waals surface area contributed by atoms with E-state index in [2.05, 4.69) is 5.32 Å². The van der Waals surface area contributed by atoms with Crippen LogP contribution in [-0.2, 0) is 16.1 Å². The first-order chi connectivity index (χ1) is 15.5. The first kappa shape index (κ1) is 19.8. The molecule has 5 rings (SSSR count). The monoisotopic (exact) mass is 432 g/mol. The summed E-state index contributed by atoms with van der Waals surface area (Å²) in [6, 6.07) is 11.7. The lowest BCUT2D eigenvalue weighted by Gasteiger charge is -2.29. The molecule has 2 aromatic carbocycles. The lowest BCUT2D eigenvalue weighted by Crippen LogP contribution is -2.52. The molecular formula is C23H20N4O5. The number of rotatable bonds is 4. The molecule has 32 heavy (non-hydrogen) atoms. The number of ether oxygens (including phenoxy) is 1. The molecule has 1 atom stereocenters. The number of carbonyl (C=O) groups excluding carboxylic acids is 3. The molecule has 9 nitrogen and oxygen atoms in total. The number of piperidine rings is 1. The van der Waals surface area contributed by atoms with Crippen LogP contribution in [-0.4, -0.2) is 44.9 Å². The third kappa shape index (κ3) is 3.18. The number of nitrogens with one attached hydrogen (secondary N) is 1. The second-order valence-electron chi connectivity index (χ2n) is 7.76. The number of amides is 3. The highest BCUT2D eigenvalue weighted by Gasteiger charge is 2.39. The Morgan fingerprint density at radius 1 is 0.938 bits per heavy atom. The third-order valence-electron chi connectivity index (χ3n) is 5.91. The first-order valence-corrected chi connectivity index (χ1v) is 10.2. The van der Waals surface area contributed by atoms with Gasteiger partial charge in [0.25, 0.3) is 5.91 Å². The van der Waals surface area contributed by atoms with Crippen LogP contribution in [0.5, 0.6) is 5.75 Å². The number of fused-ring (bicyclic) bond motifs is 1. The molecule has 1 unspecified atom stereocenters. The fourth-order valence-electron chi connectivity index (χ4n) is 4.22. The van der Waals surface area contributed by atoms with Gasteiger partial charge >= 0.3 is 5.69 Å². The average Bonchev–Trinajstić information content (AvgIpc) is 3.33. The fraction of sp³-hybridized carbons (Fsp3) is 0.217. The summed E-state index contributed by atoms with van der Waals surface area (Å²) in [5, 5.41) is 2.30. The molecule has 2 aliphatic heterocycles. The minimum atomic E-state index is -0.671. The van der Waals surface area contributed by atoms with Gasteiger partial charge in [-0.3, -0.25) is 28.8 Å². The average molecular weight is 432 g/mol. The second kappa shape index (κ2) is 7.52. The zero-order valence-electron chi connectivity index (χ0n) is 17.3. The largest absolute Gasteiger partial charge is 0.497 e. The number of methoxy groups -OCH3 is 1. The molecule has 3 heterocycles. The van der Waals surface area contributed by atoms with E-state index < -0.39 is 11.9 Å². The molecule has 0 saturated carbocycles. The molecule has 0 aliphatic carbocycles. The van der Waals surface area contributed by atoms with Crippen molar-refractivity contribution in [1.82, 2.24) is 19.4 Å². The van der Waals surface area contributed by atoms with E-state index >= 15 is 0 Å². The molecule has 0 bridgehead atoms. The number of nitrogens with zero attached hydrogens (tertiary/aromatic N) is 3. The minimum Gasteiger partial charge on any atom is -0.497 e. The molecule has 0 radical (unpaired) electrons. The number of benzene rings is 2. The Balaban J connectivity index is 1.43. The van der Waals surface area contributed by atoms with Crippen molar-refractivity contribution in [1.29, 1.82) is 0 Å². The maximum absolute atomic E-state index is 13.0. The summed E-state index contributed by atoms with van der Waals surface area (Å²) in [7, 11) is 1.58. The molecular weight excluding hydrogens is 412 g/mol. The van der Waals surface area contributed by atoms with Gasteiger partial charge in [-0.25, -0.2) is 4.79 Å². The van der Waals surface area contributed by atoms with Crippen molar-refractivity contribution in [3.63, 3.8) is 0 Å². The van der Waals surface area contributed by atoms with Crippen LogP contribution in [0.4, 0.5) is 0 Å². The van der Waals surface area contributed by atoms with Gasteiger partial charge in [0.2, 0.25) is 11.8 Å². The summed E-state index contributed by atoms with van der Waals surface area (Å²) >= 11 is 0. The van der Waals surface area contributed by atoms with Crippen molar-refractivity contribution in [2.24, 2.45) is 0 Å². The van der Waals surface area contributed by atoms with Crippen LogP contribution in [0.15, 0.2) is 59.7 Å². The number of imidazole rings is 1. The van der Waals surface area contributed by atoms with Gasteiger partial charge in [-0.2, -0.15) is 0 Å². The molecule has 0 spiro atoms. The van der Waals surface area contributed by atoms with Crippen molar-refractivity contribution < 1.29 is 19.1 Å². The summed E-state index contributed by atoms with van der Waals surface area (Å²) in [5.41, 5.74) is 2.32. The van der Waals surface area contributed by atoms with Crippen molar-refractivity contribution >= 4 is 17.7 Å². The van der Waals surface area contributed by atoms with Crippen LogP contribution in [0.2, 0.25) is 0 Å². The van der Waals surface area contributed by atoms with Crippen molar-refractivity contribution in [2.75, 3.05) is 7.11 Å². The van der Waals surface area contributed by atoms with Crippen LogP contribution in [0.3, 0.4) is 0 Å². The van der Waals surface area contributed by atoms with Crippen molar-refractivity contribution in [2.45, 2.75) is 25.4 Å². The Morgan fingerprint density at radius 3 is 2.31 bits per heavy atom. The Hall–Kier alpha value is -4.14. The molecule has 1 fully saturated rings. The zero-order chi connectivity index (χ0) is 22.4. The van der Waals surface area contributed by atoms with Gasteiger partial charge in [0.15, 0.2) is 0 Å². The lowest BCUT2D eigenvalue weighted by atomic mass is 10.0. The highest BCUT2D eigenvalue weighted by atomic mass is 16.5. The van der Waals surface area contributed by atoms with E-state index in [-0.39, 0.29) is 30.5 Å². The number of aromatic nitrogens is 2. The van der Waals surface area contributed by atoms with Crippen molar-refractivity contribution in [3.05, 3.63) is 76.5 Å². The standard InChI is InChI=1S/C23H20N4O5/c1-32-17-5-2-15(3-6-17)25-10-11-26(23(25)31)16-4-7-18-14(12-16)13-27(22(18)30)19-8-9-20(28)24-21(19)29/h2-7,10-12,19H,8-9,13H2,1H3,(H,24,28,29). The van der Waals surface area contributed by atoms with Gasteiger partial charge in [0.05, 0.1) is 18.5 Å². The van der Waals surface area contributed by atoms with E-state index in [9.17, 15) is 19.2 Å². The van der Waals surface area contributed by atoms with E-state index in [4.69, 9.17) is 4.74 Å². The Labute approximate surface area is 182 Å². The van der Waals surface area contributed by atoms with E-state index in [1.807, 2.05) is 0 Å². The Morgan fingerprint density at radius 2 is 1.62 bits per heavy atom. The van der Waals surface area contributed by atoms with Gasteiger partial charge in [-0.1, -0.05) is 0 Å². The Kier molecular flexibility index (Phi) is 4.66. The number of imide groups is 1. The van der Waals surface area contributed by atoms with Gasteiger partial charge in [0.1, 0.15) is 11.8 Å². The second-order valence-corrected chi connectivity index (χ2v) is 7.76. The zero-order valence-corrected chi connectivity index (χ0v) is 17.3. The van der Waals surface area contributed by atoms with Crippen LogP contribution in [0.25, 0.3) is 11.4 Å². The Bertz CT molecular complexity index is 1300. The molecule has 1 saturated heterocycles. The van der Waals surface area contributed by atoms with Crippen LogP contribution in [0.1, 0.15) is 28.8 Å². The van der Waals surface area contributed by atoms with E-state index in [0.29, 0.717) is 29.1 Å². The molecule has 1 N–H and O–H groups in total. The normalized spacial score (nSPS) is 18.0. The van der Waals surface area contributed by atoms with Gasteiger partial charge in [-0.05, 0) is 54.4 Å². The van der Waals surface area contributed by atoms with Crippen LogP contribution < -0.4 is 15.7 Å². The van der Waals surface area contributed by atoms with Gasteiger partial charge < -0.3 is 9.64 Å². The number of hydrogen-bond acceptors (Lipinski definition) is 5. The molecule has 9 heteroatoms. The van der Waals surface area contributed by atoms with Gasteiger partial charge in [0, 0.05) is 30.9 Å². The molecule has 1 aromatic heterocycles. The maximum atomic E-state index is 13.0. The van der Waals surface area contributed by atoms with E-state index in [1.54, 1.807) is 62.0 Å². The smallest absolute Gasteiger partial charge is 0.337 e. The summed E-state index contributed by atoms with van der Waals surface area (Å²) < 4.78 is 8.18. The summed E-state index contributed by atoms with van der Waals surface area (Å²) in [6.45, 7) is 0.252. The minimum absolute atomic E-state index is 0.204. The van der Waals surface area contributed by atoms with E-state index in [1.165, 1.54) is 14.0 Å². The highest BCUT2D eigenvalue weighted by molar-refractivity contribution is 6.05. The van der Waals surface area contributed by atoms with Gasteiger partial charge in [-0.15, -0.1) is 0 Å². The fourth-order valence-corrected chi connectivity index (χ4v) is 4.22. The summed E-state index contributed by atoms with van der Waals surface area (Å²) in [6.07, 6.45) is 3.86. The molecule has 162 valence electrons. The van der Waals surface area contributed by atoms with Crippen molar-refractivity contribution in [3.8, 4) is 17.1 Å². The van der Waals surface area contributed by atoms with E-state index in [0.717, 1.165) is 5.56 Å². The maximum Gasteiger partial charge on any atom is 0.337 e. The summed E-state index contributed by atoms with van der Waals surface area (Å²) in [5.74, 6) is -0.317. The predicted octanol–water partition coefficient (Wildman–Crippen LogP) is 1.40. The summed E-state index contributed by atoms with van der Waals surface area (Å²) in [4.78, 5) is 51.0. The number of carbonyl (C=O) groups is 3. The first-order valence-electron chi connectivity index (χ1n) is 10.2. The number of hydrogen-bond donors (Lipinski definition) is 1. The highest BCUT2D eigenvalue weighted by Crippen LogP contribution is 2.29. The SMILES string of the molecule is COc1ccc(-n2ccn(-c3ccc4c(c3)CN(C3CCC(=O)NC3=O)C4=O)c2=O)cc1.